The van der Waals surface area contributed by atoms with Gasteiger partial charge in [-0.25, -0.2) is 0 Å². The fraction of sp³-hybridized carbons (Fsp3) is 0.684. The van der Waals surface area contributed by atoms with Crippen LogP contribution in [0.1, 0.15) is 45.6 Å². The highest BCUT2D eigenvalue weighted by Crippen LogP contribution is 2.31. The first-order chi connectivity index (χ1) is 11.5. The van der Waals surface area contributed by atoms with Crippen molar-refractivity contribution in [2.75, 3.05) is 13.7 Å². The summed E-state index contributed by atoms with van der Waals surface area (Å²) in [6.07, 6.45) is 2.36. The molecule has 1 aromatic carbocycles. The topological polar surface area (TPSA) is 57.2 Å². The number of aliphatic hydroxyl groups is 1. The van der Waals surface area contributed by atoms with Gasteiger partial charge in [-0.05, 0) is 38.0 Å². The van der Waals surface area contributed by atoms with Gasteiger partial charge in [-0.1, -0.05) is 25.5 Å². The average molecular weight is 338 g/mol. The normalized spacial score (nSPS) is 24.0. The van der Waals surface area contributed by atoms with Gasteiger partial charge in [-0.3, -0.25) is 0 Å². The predicted octanol–water partition coefficient (Wildman–Crippen LogP) is 3.28. The third kappa shape index (κ3) is 5.45. The first-order valence-corrected chi connectivity index (χ1v) is 8.68. The molecule has 0 aromatic heterocycles. The van der Waals surface area contributed by atoms with E-state index in [9.17, 15) is 5.11 Å². The third-order valence-corrected chi connectivity index (χ3v) is 4.22. The molecule has 1 saturated heterocycles. The summed E-state index contributed by atoms with van der Waals surface area (Å²) in [6, 6.07) is 7.89. The highest BCUT2D eigenvalue weighted by Gasteiger charge is 2.41. The van der Waals surface area contributed by atoms with E-state index in [4.69, 9.17) is 18.9 Å². The van der Waals surface area contributed by atoms with Gasteiger partial charge in [0.15, 0.2) is 5.79 Å². The zero-order valence-corrected chi connectivity index (χ0v) is 15.2. The Morgan fingerprint density at radius 1 is 1.17 bits per heavy atom. The fourth-order valence-electron chi connectivity index (χ4n) is 3.05. The van der Waals surface area contributed by atoms with Gasteiger partial charge in [0, 0.05) is 6.42 Å². The molecule has 136 valence electrons. The summed E-state index contributed by atoms with van der Waals surface area (Å²) < 4.78 is 22.9. The number of benzene rings is 1. The average Bonchev–Trinajstić information content (AvgIpc) is 2.87. The van der Waals surface area contributed by atoms with Crippen LogP contribution in [0.4, 0.5) is 0 Å². The highest BCUT2D eigenvalue weighted by molar-refractivity contribution is 5.26. The van der Waals surface area contributed by atoms with Crippen molar-refractivity contribution in [1.82, 2.24) is 0 Å². The number of aliphatic hydroxyl groups excluding tert-OH is 1. The summed E-state index contributed by atoms with van der Waals surface area (Å²) in [7, 11) is 1.66. The molecule has 0 radical (unpaired) electrons. The van der Waals surface area contributed by atoms with Gasteiger partial charge < -0.3 is 24.1 Å². The van der Waals surface area contributed by atoms with E-state index < -0.39 is 5.79 Å². The molecule has 0 bridgehead atoms. The van der Waals surface area contributed by atoms with Crippen molar-refractivity contribution in [2.24, 2.45) is 0 Å². The number of hydrogen-bond acceptors (Lipinski definition) is 5. The number of rotatable bonds is 9. The molecule has 0 aliphatic carbocycles. The van der Waals surface area contributed by atoms with Gasteiger partial charge in [0.25, 0.3) is 0 Å². The Morgan fingerprint density at radius 3 is 2.42 bits per heavy atom. The Bertz CT molecular complexity index is 485. The molecule has 5 heteroatoms. The van der Waals surface area contributed by atoms with Crippen molar-refractivity contribution in [3.05, 3.63) is 29.8 Å². The minimum absolute atomic E-state index is 0.0363. The lowest BCUT2D eigenvalue weighted by molar-refractivity contribution is -0.151. The Labute approximate surface area is 144 Å². The molecule has 1 fully saturated rings. The summed E-state index contributed by atoms with van der Waals surface area (Å²) in [4.78, 5) is 0. The van der Waals surface area contributed by atoms with Crippen molar-refractivity contribution in [1.29, 1.82) is 0 Å². The second kappa shape index (κ2) is 8.81. The van der Waals surface area contributed by atoms with E-state index in [2.05, 4.69) is 6.92 Å². The van der Waals surface area contributed by atoms with Crippen molar-refractivity contribution < 1.29 is 24.1 Å². The van der Waals surface area contributed by atoms with Crippen LogP contribution in [-0.2, 0) is 20.8 Å². The third-order valence-electron chi connectivity index (χ3n) is 4.22. The number of methoxy groups -OCH3 is 1. The maximum atomic E-state index is 9.51. The molecule has 1 aliphatic rings. The SMILES string of the molecule is CCC[C@@H](C[C@H]1OC(C)(C)O[C@@H]1CO)OCc1ccc(OC)cc1. The van der Waals surface area contributed by atoms with Crippen LogP contribution in [0.3, 0.4) is 0 Å². The number of ether oxygens (including phenoxy) is 4. The van der Waals surface area contributed by atoms with Gasteiger partial charge in [0.1, 0.15) is 11.9 Å². The fourth-order valence-corrected chi connectivity index (χ4v) is 3.05. The van der Waals surface area contributed by atoms with E-state index in [0.717, 1.165) is 30.6 Å². The lowest BCUT2D eigenvalue weighted by Gasteiger charge is -2.23. The quantitative estimate of drug-likeness (QED) is 0.749. The van der Waals surface area contributed by atoms with E-state index in [1.165, 1.54) is 0 Å². The summed E-state index contributed by atoms with van der Waals surface area (Å²) in [5, 5.41) is 9.51. The standard InChI is InChI=1S/C19H30O5/c1-5-6-16(11-17-18(12-20)24-19(2,3)23-17)22-13-14-7-9-15(21-4)10-8-14/h7-10,16-18,20H,5-6,11-13H2,1-4H3/t16-,17+,18+/m0/s1. The lowest BCUT2D eigenvalue weighted by Crippen LogP contribution is -2.31. The Morgan fingerprint density at radius 2 is 1.83 bits per heavy atom. The lowest BCUT2D eigenvalue weighted by atomic mass is 10.0. The molecule has 2 rings (SSSR count). The molecule has 1 N–H and O–H groups in total. The van der Waals surface area contributed by atoms with Gasteiger partial charge in [0.2, 0.25) is 0 Å². The van der Waals surface area contributed by atoms with E-state index in [-0.39, 0.29) is 24.9 Å². The van der Waals surface area contributed by atoms with Crippen LogP contribution in [-0.4, -0.2) is 42.9 Å². The molecule has 5 nitrogen and oxygen atoms in total. The van der Waals surface area contributed by atoms with E-state index in [1.807, 2.05) is 38.1 Å². The van der Waals surface area contributed by atoms with Crippen LogP contribution in [0.15, 0.2) is 24.3 Å². The van der Waals surface area contributed by atoms with Crippen molar-refractivity contribution in [3.8, 4) is 5.75 Å². The van der Waals surface area contributed by atoms with Crippen LogP contribution in [0.5, 0.6) is 5.75 Å². The maximum absolute atomic E-state index is 9.51. The van der Waals surface area contributed by atoms with E-state index in [0.29, 0.717) is 6.61 Å². The first kappa shape index (κ1) is 19.2. The van der Waals surface area contributed by atoms with E-state index in [1.54, 1.807) is 7.11 Å². The highest BCUT2D eigenvalue weighted by atomic mass is 16.8. The summed E-state index contributed by atoms with van der Waals surface area (Å²) in [5.74, 6) is 0.193. The zero-order chi connectivity index (χ0) is 17.6. The van der Waals surface area contributed by atoms with Crippen LogP contribution < -0.4 is 4.74 Å². The Kier molecular flexibility index (Phi) is 7.04. The van der Waals surface area contributed by atoms with Gasteiger partial charge in [-0.15, -0.1) is 0 Å². The van der Waals surface area contributed by atoms with Crippen LogP contribution in [0, 0.1) is 0 Å². The minimum Gasteiger partial charge on any atom is -0.497 e. The summed E-state index contributed by atoms with van der Waals surface area (Å²) in [6.45, 7) is 6.41. The molecule has 1 aromatic rings. The second-order valence-corrected chi connectivity index (χ2v) is 6.70. The molecular weight excluding hydrogens is 308 g/mol. The van der Waals surface area contributed by atoms with Crippen molar-refractivity contribution in [3.63, 3.8) is 0 Å². The smallest absolute Gasteiger partial charge is 0.163 e. The van der Waals surface area contributed by atoms with E-state index >= 15 is 0 Å². The molecule has 24 heavy (non-hydrogen) atoms. The number of hydrogen-bond donors (Lipinski definition) is 1. The first-order valence-electron chi connectivity index (χ1n) is 8.68. The second-order valence-electron chi connectivity index (χ2n) is 6.70. The Balaban J connectivity index is 1.91. The molecule has 1 aliphatic heterocycles. The molecule has 0 unspecified atom stereocenters. The molecule has 0 spiro atoms. The monoisotopic (exact) mass is 338 g/mol. The van der Waals surface area contributed by atoms with Gasteiger partial charge in [-0.2, -0.15) is 0 Å². The molecule has 1 heterocycles. The van der Waals surface area contributed by atoms with Gasteiger partial charge in [0.05, 0.1) is 32.5 Å². The Hall–Kier alpha value is -1.14. The molecule has 0 amide bonds. The zero-order valence-electron chi connectivity index (χ0n) is 15.2. The maximum Gasteiger partial charge on any atom is 0.163 e. The minimum atomic E-state index is -0.648. The van der Waals surface area contributed by atoms with Crippen LogP contribution >= 0.6 is 0 Å². The summed E-state index contributed by atoms with van der Waals surface area (Å²) >= 11 is 0. The largest absolute Gasteiger partial charge is 0.497 e. The van der Waals surface area contributed by atoms with Crippen molar-refractivity contribution in [2.45, 2.75) is 70.7 Å². The van der Waals surface area contributed by atoms with Gasteiger partial charge >= 0.3 is 0 Å². The van der Waals surface area contributed by atoms with Crippen LogP contribution in [0.2, 0.25) is 0 Å². The molecule has 0 saturated carbocycles. The molecular formula is C19H30O5. The predicted molar refractivity (Wildman–Crippen MR) is 92.0 cm³/mol. The summed E-state index contributed by atoms with van der Waals surface area (Å²) in [5.41, 5.74) is 1.11. The van der Waals surface area contributed by atoms with Crippen molar-refractivity contribution >= 4 is 0 Å². The molecule has 3 atom stereocenters. The van der Waals surface area contributed by atoms with Crippen LogP contribution in [0.25, 0.3) is 0 Å².